The van der Waals surface area contributed by atoms with E-state index in [9.17, 15) is 13.2 Å². The molecule has 0 bridgehead atoms. The quantitative estimate of drug-likeness (QED) is 0.666. The molecule has 0 fully saturated rings. The molecule has 2 aromatic carbocycles. The minimum atomic E-state index is -4.77. The van der Waals surface area contributed by atoms with Crippen molar-refractivity contribution in [3.8, 4) is 11.5 Å². The normalized spacial score (nSPS) is 12.7. The van der Waals surface area contributed by atoms with E-state index in [2.05, 4.69) is 4.74 Å². The van der Waals surface area contributed by atoms with Crippen molar-refractivity contribution in [3.63, 3.8) is 0 Å². The van der Waals surface area contributed by atoms with Crippen molar-refractivity contribution >= 4 is 11.6 Å². The van der Waals surface area contributed by atoms with Crippen LogP contribution in [0.25, 0.3) is 0 Å². The van der Waals surface area contributed by atoms with Gasteiger partial charge in [0.05, 0.1) is 0 Å². The lowest BCUT2D eigenvalue weighted by Gasteiger charge is -2.21. The van der Waals surface area contributed by atoms with Crippen molar-refractivity contribution in [1.29, 1.82) is 0 Å². The predicted octanol–water partition coefficient (Wildman–Crippen LogP) is 5.33. The van der Waals surface area contributed by atoms with Crippen molar-refractivity contribution in [2.45, 2.75) is 18.9 Å². The second-order valence-electron chi connectivity index (χ2n) is 4.49. The molecule has 2 rings (SSSR count). The van der Waals surface area contributed by atoms with Crippen molar-refractivity contribution in [3.05, 3.63) is 60.2 Å². The number of benzene rings is 2. The second-order valence-corrected chi connectivity index (χ2v) is 4.87. The minimum absolute atomic E-state index is 0.0267. The van der Waals surface area contributed by atoms with Crippen molar-refractivity contribution in [2.24, 2.45) is 0 Å². The summed E-state index contributed by atoms with van der Waals surface area (Å²) in [5, 5.41) is 0. The van der Waals surface area contributed by atoms with Gasteiger partial charge >= 0.3 is 6.36 Å². The number of ether oxygens (including phenoxy) is 2. The highest BCUT2D eigenvalue weighted by Crippen LogP contribution is 2.35. The molecule has 0 aromatic heterocycles. The van der Waals surface area contributed by atoms with Crippen LogP contribution in [0.2, 0.25) is 0 Å². The summed E-state index contributed by atoms with van der Waals surface area (Å²) in [6.07, 6.45) is -4.75. The molecule has 0 N–H and O–H groups in total. The van der Waals surface area contributed by atoms with Gasteiger partial charge in [0.2, 0.25) is 0 Å². The van der Waals surface area contributed by atoms with E-state index in [1.165, 1.54) is 18.2 Å². The molecule has 0 saturated heterocycles. The molecule has 0 saturated carbocycles. The van der Waals surface area contributed by atoms with Crippen LogP contribution in [0.3, 0.4) is 0 Å². The topological polar surface area (TPSA) is 18.5 Å². The lowest BCUT2D eigenvalue weighted by molar-refractivity contribution is -0.275. The Morgan fingerprint density at radius 2 is 1.50 bits per heavy atom. The number of alkyl halides is 4. The van der Waals surface area contributed by atoms with Crippen LogP contribution in [0.4, 0.5) is 13.2 Å². The summed E-state index contributed by atoms with van der Waals surface area (Å²) in [6, 6.07) is 14.9. The van der Waals surface area contributed by atoms with Crippen LogP contribution in [0, 0.1) is 0 Å². The first kappa shape index (κ1) is 16.5. The van der Waals surface area contributed by atoms with Gasteiger partial charge in [-0.15, -0.1) is 24.8 Å². The number of para-hydroxylation sites is 2. The molecule has 118 valence electrons. The van der Waals surface area contributed by atoms with E-state index in [4.69, 9.17) is 16.3 Å². The van der Waals surface area contributed by atoms with Gasteiger partial charge in [-0.2, -0.15) is 0 Å². The van der Waals surface area contributed by atoms with Crippen LogP contribution in [0.5, 0.6) is 11.5 Å². The van der Waals surface area contributed by atoms with Crippen molar-refractivity contribution < 1.29 is 22.6 Å². The van der Waals surface area contributed by atoms with E-state index in [0.717, 1.165) is 5.56 Å². The standard InChI is InChI=1S/C16H14ClF3O2/c17-11-10-13(12-6-2-1-3-7-12)21-14-8-4-5-9-15(14)22-16(18,19)20/h1-9,13H,10-11H2. The molecule has 1 unspecified atom stereocenters. The zero-order valence-corrected chi connectivity index (χ0v) is 12.3. The first-order chi connectivity index (χ1) is 10.5. The highest BCUT2D eigenvalue weighted by atomic mass is 35.5. The molecule has 0 radical (unpaired) electrons. The Hall–Kier alpha value is -1.88. The van der Waals surface area contributed by atoms with E-state index in [0.29, 0.717) is 12.3 Å². The largest absolute Gasteiger partial charge is 0.573 e. The molecule has 0 aliphatic carbocycles. The zero-order chi connectivity index (χ0) is 16.0. The lowest BCUT2D eigenvalue weighted by atomic mass is 10.1. The summed E-state index contributed by atoms with van der Waals surface area (Å²) in [6.45, 7) is 0. The van der Waals surface area contributed by atoms with Gasteiger partial charge in [-0.3, -0.25) is 0 Å². The van der Waals surface area contributed by atoms with Gasteiger partial charge in [-0.25, -0.2) is 0 Å². The van der Waals surface area contributed by atoms with E-state index in [1.54, 1.807) is 6.07 Å². The number of rotatable bonds is 6. The Morgan fingerprint density at radius 3 is 2.09 bits per heavy atom. The third-order valence-electron chi connectivity index (χ3n) is 2.89. The van der Waals surface area contributed by atoms with Crippen LogP contribution in [0.1, 0.15) is 18.1 Å². The van der Waals surface area contributed by atoms with Crippen LogP contribution in [-0.2, 0) is 0 Å². The Bertz CT molecular complexity index is 587. The molecule has 2 nitrogen and oxygen atoms in total. The molecule has 22 heavy (non-hydrogen) atoms. The highest BCUT2D eigenvalue weighted by Gasteiger charge is 2.32. The zero-order valence-electron chi connectivity index (χ0n) is 11.5. The molecule has 0 spiro atoms. The first-order valence-corrected chi connectivity index (χ1v) is 7.15. The fourth-order valence-electron chi connectivity index (χ4n) is 1.97. The molecule has 0 heterocycles. The first-order valence-electron chi connectivity index (χ1n) is 6.62. The number of hydrogen-bond acceptors (Lipinski definition) is 2. The van der Waals surface area contributed by atoms with E-state index >= 15 is 0 Å². The highest BCUT2D eigenvalue weighted by molar-refractivity contribution is 6.17. The smallest absolute Gasteiger partial charge is 0.482 e. The van der Waals surface area contributed by atoms with Gasteiger partial charge in [0.1, 0.15) is 6.10 Å². The van der Waals surface area contributed by atoms with Gasteiger partial charge in [-0.1, -0.05) is 42.5 Å². The lowest BCUT2D eigenvalue weighted by Crippen LogP contribution is -2.18. The monoisotopic (exact) mass is 330 g/mol. The average molecular weight is 331 g/mol. The maximum atomic E-state index is 12.4. The molecule has 2 aromatic rings. The van der Waals surface area contributed by atoms with E-state index < -0.39 is 12.5 Å². The van der Waals surface area contributed by atoms with Gasteiger partial charge in [0.15, 0.2) is 11.5 Å². The summed E-state index contributed by atoms with van der Waals surface area (Å²) >= 11 is 5.77. The predicted molar refractivity (Wildman–Crippen MR) is 78.3 cm³/mol. The summed E-state index contributed by atoms with van der Waals surface area (Å²) in [5.74, 6) is -0.0220. The van der Waals surface area contributed by atoms with E-state index in [-0.39, 0.29) is 11.5 Å². The summed E-state index contributed by atoms with van der Waals surface area (Å²) < 4.78 is 47.0. The van der Waals surface area contributed by atoms with Crippen molar-refractivity contribution in [2.75, 3.05) is 5.88 Å². The van der Waals surface area contributed by atoms with E-state index in [1.807, 2.05) is 30.3 Å². The maximum Gasteiger partial charge on any atom is 0.573 e. The molecule has 0 aliphatic heterocycles. The third kappa shape index (κ3) is 4.84. The molecule has 6 heteroatoms. The molecule has 1 atom stereocenters. The maximum absolute atomic E-state index is 12.4. The van der Waals surface area contributed by atoms with Crippen LogP contribution in [-0.4, -0.2) is 12.2 Å². The van der Waals surface area contributed by atoms with Crippen LogP contribution >= 0.6 is 11.6 Å². The number of halogens is 4. The van der Waals surface area contributed by atoms with Gasteiger partial charge in [0.25, 0.3) is 0 Å². The summed E-state index contributed by atoms with van der Waals surface area (Å²) in [4.78, 5) is 0. The van der Waals surface area contributed by atoms with Crippen molar-refractivity contribution in [1.82, 2.24) is 0 Å². The Morgan fingerprint density at radius 1 is 0.909 bits per heavy atom. The SMILES string of the molecule is FC(F)(F)Oc1ccccc1OC(CCCl)c1ccccc1. The summed E-state index contributed by atoms with van der Waals surface area (Å²) in [5.41, 5.74) is 0.838. The number of hydrogen-bond donors (Lipinski definition) is 0. The minimum Gasteiger partial charge on any atom is -0.482 e. The molecular formula is C16H14ClF3O2. The molecule has 0 aliphatic rings. The third-order valence-corrected chi connectivity index (χ3v) is 3.10. The average Bonchev–Trinajstić information content (AvgIpc) is 2.48. The fraction of sp³-hybridized carbons (Fsp3) is 0.250. The Kier molecular flexibility index (Phi) is 5.55. The van der Waals surface area contributed by atoms with Gasteiger partial charge in [-0.05, 0) is 17.7 Å². The molecule has 0 amide bonds. The van der Waals surface area contributed by atoms with Gasteiger partial charge < -0.3 is 9.47 Å². The molecular weight excluding hydrogens is 317 g/mol. The fourth-order valence-corrected chi connectivity index (χ4v) is 2.17. The van der Waals surface area contributed by atoms with Crippen LogP contribution < -0.4 is 9.47 Å². The second kappa shape index (κ2) is 7.40. The Balaban J connectivity index is 2.23. The van der Waals surface area contributed by atoms with Crippen LogP contribution in [0.15, 0.2) is 54.6 Å². The van der Waals surface area contributed by atoms with Gasteiger partial charge in [0, 0.05) is 12.3 Å². The summed E-state index contributed by atoms with van der Waals surface area (Å²) in [7, 11) is 0. The Labute approximate surface area is 131 Å².